The smallest absolute Gasteiger partial charge is 0.150 e. The molecule has 3 aromatic carbocycles. The van der Waals surface area contributed by atoms with Crippen molar-refractivity contribution < 1.29 is 23.4 Å². The third-order valence-electron chi connectivity index (χ3n) is 6.52. The molecule has 1 fully saturated rings. The first-order chi connectivity index (χ1) is 16.5. The monoisotopic (exact) mass is 463 g/mol. The Morgan fingerprint density at radius 2 is 1.85 bits per heavy atom. The number of benzene rings is 3. The lowest BCUT2D eigenvalue weighted by Gasteiger charge is -2.37. The van der Waals surface area contributed by atoms with Gasteiger partial charge in [-0.05, 0) is 66.1 Å². The van der Waals surface area contributed by atoms with Crippen LogP contribution in [0.1, 0.15) is 29.7 Å². The Balaban J connectivity index is 1.38. The lowest BCUT2D eigenvalue weighted by molar-refractivity contribution is 0.0668. The summed E-state index contributed by atoms with van der Waals surface area (Å²) in [7, 11) is 0. The molecule has 0 radical (unpaired) electrons. The number of likely N-dealkylation sites (tertiary alicyclic amines) is 1. The molecule has 0 bridgehead atoms. The molecular formula is C28H27F2NO3. The van der Waals surface area contributed by atoms with Crippen molar-refractivity contribution in [2.45, 2.75) is 13.0 Å². The Morgan fingerprint density at radius 1 is 1.06 bits per heavy atom. The van der Waals surface area contributed by atoms with Gasteiger partial charge in [0.1, 0.15) is 35.8 Å². The molecule has 2 aliphatic rings. The van der Waals surface area contributed by atoms with Gasteiger partial charge in [-0.25, -0.2) is 4.39 Å². The van der Waals surface area contributed by atoms with Crippen molar-refractivity contribution in [1.82, 2.24) is 4.90 Å². The first-order valence-electron chi connectivity index (χ1n) is 11.5. The first kappa shape index (κ1) is 22.4. The van der Waals surface area contributed by atoms with Crippen LogP contribution in [-0.4, -0.2) is 42.9 Å². The molecule has 176 valence electrons. The number of phenolic OH excluding ortho intramolecular Hbond substituents is 1. The van der Waals surface area contributed by atoms with Gasteiger partial charge in [-0.2, -0.15) is 0 Å². The van der Waals surface area contributed by atoms with Crippen LogP contribution in [0.3, 0.4) is 0 Å². The number of halogens is 2. The summed E-state index contributed by atoms with van der Waals surface area (Å²) in [6, 6.07) is 19.2. The van der Waals surface area contributed by atoms with Crippen LogP contribution < -0.4 is 9.47 Å². The molecule has 4 nitrogen and oxygen atoms in total. The highest BCUT2D eigenvalue weighted by molar-refractivity contribution is 5.95. The largest absolute Gasteiger partial charge is 0.508 e. The predicted molar refractivity (Wildman–Crippen MR) is 128 cm³/mol. The number of rotatable bonds is 7. The molecule has 1 saturated heterocycles. The summed E-state index contributed by atoms with van der Waals surface area (Å²) in [6.07, 6.45) is -0.438. The topological polar surface area (TPSA) is 41.9 Å². The number of aromatic hydroxyl groups is 1. The van der Waals surface area contributed by atoms with Crippen molar-refractivity contribution in [3.05, 3.63) is 89.2 Å². The number of hydrogen-bond donors (Lipinski definition) is 1. The van der Waals surface area contributed by atoms with Crippen LogP contribution in [0.25, 0.3) is 11.1 Å². The number of allylic oxidation sites excluding steroid dienone is 1. The molecule has 5 rings (SSSR count). The second-order valence-corrected chi connectivity index (χ2v) is 8.92. The summed E-state index contributed by atoms with van der Waals surface area (Å²) < 4.78 is 38.9. The van der Waals surface area contributed by atoms with E-state index in [0.717, 1.165) is 53.2 Å². The molecule has 0 spiro atoms. The van der Waals surface area contributed by atoms with E-state index in [1.165, 1.54) is 12.1 Å². The molecule has 3 aromatic rings. The van der Waals surface area contributed by atoms with E-state index in [9.17, 15) is 13.9 Å². The molecule has 0 aliphatic carbocycles. The van der Waals surface area contributed by atoms with Crippen LogP contribution in [-0.2, 0) is 0 Å². The fraction of sp³-hybridized carbons (Fsp3) is 0.286. The van der Waals surface area contributed by atoms with Crippen LogP contribution in [0.5, 0.6) is 17.2 Å². The molecule has 0 unspecified atom stereocenters. The highest BCUT2D eigenvalue weighted by atomic mass is 19.1. The van der Waals surface area contributed by atoms with Gasteiger partial charge in [0.05, 0.1) is 6.67 Å². The molecule has 0 aromatic heterocycles. The zero-order valence-electron chi connectivity index (χ0n) is 19.0. The van der Waals surface area contributed by atoms with Crippen molar-refractivity contribution in [1.29, 1.82) is 0 Å². The zero-order chi connectivity index (χ0) is 23.7. The number of phenols is 1. The van der Waals surface area contributed by atoms with Crippen LogP contribution in [0.4, 0.5) is 8.78 Å². The maximum atomic E-state index is 14.1. The third kappa shape index (κ3) is 4.50. The Labute approximate surface area is 198 Å². The van der Waals surface area contributed by atoms with Gasteiger partial charge in [0, 0.05) is 36.7 Å². The van der Waals surface area contributed by atoms with E-state index in [1.54, 1.807) is 24.3 Å². The van der Waals surface area contributed by atoms with Gasteiger partial charge in [0.2, 0.25) is 0 Å². The van der Waals surface area contributed by atoms with Gasteiger partial charge in [-0.1, -0.05) is 24.3 Å². The van der Waals surface area contributed by atoms with Gasteiger partial charge < -0.3 is 14.6 Å². The minimum atomic E-state index is -0.438. The quantitative estimate of drug-likeness (QED) is 0.476. The van der Waals surface area contributed by atoms with E-state index in [-0.39, 0.29) is 24.2 Å². The van der Waals surface area contributed by atoms with Gasteiger partial charge >= 0.3 is 0 Å². The van der Waals surface area contributed by atoms with Crippen molar-refractivity contribution in [2.75, 3.05) is 32.9 Å². The van der Waals surface area contributed by atoms with Crippen molar-refractivity contribution in [3.63, 3.8) is 0 Å². The SMILES string of the molecule is CC1=C(c2cccc(F)c2)[C@H](c2ccc(OCCN3CC(CF)C3)cc2)Oc2ccc(O)cc21. The lowest BCUT2D eigenvalue weighted by Crippen LogP contribution is -2.49. The van der Waals surface area contributed by atoms with E-state index in [0.29, 0.717) is 12.4 Å². The van der Waals surface area contributed by atoms with Gasteiger partial charge in [0.15, 0.2) is 0 Å². The summed E-state index contributed by atoms with van der Waals surface area (Å²) in [5.41, 5.74) is 4.22. The van der Waals surface area contributed by atoms with Crippen LogP contribution in [0.15, 0.2) is 66.7 Å². The number of fused-ring (bicyclic) bond motifs is 1. The summed E-state index contributed by atoms with van der Waals surface area (Å²) in [6.45, 7) is 4.63. The normalized spacial score (nSPS) is 18.3. The average Bonchev–Trinajstić information content (AvgIpc) is 2.81. The maximum Gasteiger partial charge on any atom is 0.150 e. The minimum Gasteiger partial charge on any atom is -0.508 e. The van der Waals surface area contributed by atoms with E-state index in [1.807, 2.05) is 37.3 Å². The predicted octanol–water partition coefficient (Wildman–Crippen LogP) is 5.88. The van der Waals surface area contributed by atoms with Crippen LogP contribution in [0, 0.1) is 11.7 Å². The second kappa shape index (κ2) is 9.47. The van der Waals surface area contributed by atoms with Crippen molar-refractivity contribution in [2.24, 2.45) is 5.92 Å². The zero-order valence-corrected chi connectivity index (χ0v) is 19.0. The highest BCUT2D eigenvalue weighted by Crippen LogP contribution is 2.47. The Bertz CT molecular complexity index is 1200. The maximum absolute atomic E-state index is 14.1. The molecular weight excluding hydrogens is 436 g/mol. The molecule has 2 aliphatic heterocycles. The molecule has 0 amide bonds. The second-order valence-electron chi connectivity index (χ2n) is 8.92. The fourth-order valence-electron chi connectivity index (χ4n) is 4.69. The number of nitrogens with zero attached hydrogens (tertiary/aromatic N) is 1. The fourth-order valence-corrected chi connectivity index (χ4v) is 4.69. The van der Waals surface area contributed by atoms with Gasteiger partial charge in [-0.3, -0.25) is 9.29 Å². The van der Waals surface area contributed by atoms with Crippen LogP contribution >= 0.6 is 0 Å². The van der Waals surface area contributed by atoms with E-state index < -0.39 is 6.10 Å². The van der Waals surface area contributed by atoms with Crippen LogP contribution in [0.2, 0.25) is 0 Å². The Hall–Kier alpha value is -3.38. The Morgan fingerprint density at radius 3 is 2.59 bits per heavy atom. The highest BCUT2D eigenvalue weighted by Gasteiger charge is 2.30. The summed E-state index contributed by atoms with van der Waals surface area (Å²) >= 11 is 0. The summed E-state index contributed by atoms with van der Waals surface area (Å²) in [5, 5.41) is 10.00. The minimum absolute atomic E-state index is 0.152. The van der Waals surface area contributed by atoms with Gasteiger partial charge in [-0.15, -0.1) is 0 Å². The summed E-state index contributed by atoms with van der Waals surface area (Å²) in [5.74, 6) is 1.43. The van der Waals surface area contributed by atoms with Crippen molar-refractivity contribution >= 4 is 11.1 Å². The number of ether oxygens (including phenoxy) is 2. The molecule has 6 heteroatoms. The first-order valence-corrected chi connectivity index (χ1v) is 11.5. The lowest BCUT2D eigenvalue weighted by atomic mass is 9.86. The van der Waals surface area contributed by atoms with Gasteiger partial charge in [0.25, 0.3) is 0 Å². The number of alkyl halides is 1. The summed E-state index contributed by atoms with van der Waals surface area (Å²) in [4.78, 5) is 2.18. The molecule has 1 atom stereocenters. The van der Waals surface area contributed by atoms with E-state index >= 15 is 0 Å². The third-order valence-corrected chi connectivity index (χ3v) is 6.52. The van der Waals surface area contributed by atoms with Crippen molar-refractivity contribution in [3.8, 4) is 17.2 Å². The molecule has 34 heavy (non-hydrogen) atoms. The number of hydrogen-bond acceptors (Lipinski definition) is 4. The standard InChI is InChI=1S/C28H27F2NO3/c1-18-25-14-23(32)7-10-26(25)34-28(27(18)21-3-2-4-22(30)13-21)20-5-8-24(9-6-20)33-12-11-31-16-19(15-29)17-31/h2-10,13-14,19,28,32H,11-12,15-17H2,1H3/t28-/m0/s1. The molecule has 2 heterocycles. The average molecular weight is 464 g/mol. The Kier molecular flexibility index (Phi) is 6.24. The van der Waals surface area contributed by atoms with E-state index in [2.05, 4.69) is 4.90 Å². The molecule has 0 saturated carbocycles. The van der Waals surface area contributed by atoms with E-state index in [4.69, 9.17) is 9.47 Å². The molecule has 1 N–H and O–H groups in total.